The molecule has 3 N–H and O–H groups in total. The third-order valence-corrected chi connectivity index (χ3v) is 4.39. The highest BCUT2D eigenvalue weighted by molar-refractivity contribution is 5.86. The van der Waals surface area contributed by atoms with Crippen LogP contribution in [-0.4, -0.2) is 24.5 Å². The van der Waals surface area contributed by atoms with Crippen LogP contribution in [0.1, 0.15) is 46.0 Å². The van der Waals surface area contributed by atoms with Crippen LogP contribution in [0.3, 0.4) is 0 Å². The predicted octanol–water partition coefficient (Wildman–Crippen LogP) is 2.93. The number of nitrogens with one attached hydrogen (secondary N) is 1. The van der Waals surface area contributed by atoms with Gasteiger partial charge < -0.3 is 16.0 Å². The summed E-state index contributed by atoms with van der Waals surface area (Å²) in [6.07, 6.45) is 5.96. The van der Waals surface area contributed by atoms with Crippen LogP contribution < -0.4 is 16.0 Å². The van der Waals surface area contributed by atoms with Crippen LogP contribution in [0, 0.1) is 0 Å². The summed E-state index contributed by atoms with van der Waals surface area (Å²) in [4.78, 5) is 14.6. The Bertz CT molecular complexity index is 469. The van der Waals surface area contributed by atoms with Gasteiger partial charge in [0.1, 0.15) is 6.04 Å². The van der Waals surface area contributed by atoms with Crippen LogP contribution in [-0.2, 0) is 4.79 Å². The van der Waals surface area contributed by atoms with E-state index in [4.69, 9.17) is 5.73 Å². The summed E-state index contributed by atoms with van der Waals surface area (Å²) in [6, 6.07) is 7.87. The summed E-state index contributed by atoms with van der Waals surface area (Å²) in [5.41, 5.74) is 7.70. The largest absolute Gasteiger partial charge is 0.397 e. The van der Waals surface area contributed by atoms with E-state index in [2.05, 4.69) is 17.1 Å². The Labute approximate surface area is 127 Å². The van der Waals surface area contributed by atoms with E-state index in [1.807, 2.05) is 31.2 Å². The number of likely N-dealkylation sites (N-methyl/N-ethyl adjacent to an activating group) is 1. The lowest BCUT2D eigenvalue weighted by Gasteiger charge is -2.32. The molecule has 0 saturated heterocycles. The number of nitrogens with zero attached hydrogens (tertiary/aromatic N) is 1. The molecule has 116 valence electrons. The monoisotopic (exact) mass is 289 g/mol. The fourth-order valence-electron chi connectivity index (χ4n) is 3.11. The highest BCUT2D eigenvalue weighted by Crippen LogP contribution is 2.24. The zero-order valence-corrected chi connectivity index (χ0v) is 13.1. The Morgan fingerprint density at radius 1 is 1.33 bits per heavy atom. The lowest BCUT2D eigenvalue weighted by atomic mass is 9.95. The number of rotatable bonds is 5. The van der Waals surface area contributed by atoms with Gasteiger partial charge in [-0.15, -0.1) is 0 Å². The normalized spacial score (nSPS) is 17.2. The molecule has 0 heterocycles. The minimum atomic E-state index is -0.207. The molecule has 1 atom stereocenters. The topological polar surface area (TPSA) is 58.4 Å². The van der Waals surface area contributed by atoms with Gasteiger partial charge >= 0.3 is 0 Å². The summed E-state index contributed by atoms with van der Waals surface area (Å²) < 4.78 is 0. The number of hydrogen-bond donors (Lipinski definition) is 2. The van der Waals surface area contributed by atoms with E-state index in [1.165, 1.54) is 19.3 Å². The van der Waals surface area contributed by atoms with Gasteiger partial charge in [0.15, 0.2) is 0 Å². The molecule has 0 aliphatic heterocycles. The molecule has 21 heavy (non-hydrogen) atoms. The van der Waals surface area contributed by atoms with Gasteiger partial charge in [0.05, 0.1) is 11.4 Å². The van der Waals surface area contributed by atoms with Gasteiger partial charge in [0.2, 0.25) is 5.91 Å². The van der Waals surface area contributed by atoms with Gasteiger partial charge in [-0.2, -0.15) is 0 Å². The van der Waals surface area contributed by atoms with Crippen LogP contribution in [0.2, 0.25) is 0 Å². The zero-order chi connectivity index (χ0) is 15.2. The first-order valence-corrected chi connectivity index (χ1v) is 8.05. The third-order valence-electron chi connectivity index (χ3n) is 4.39. The molecule has 1 amide bonds. The number of carbonyl (C=O) groups is 1. The second kappa shape index (κ2) is 7.34. The summed E-state index contributed by atoms with van der Waals surface area (Å²) in [5.74, 6) is 0.104. The SMILES string of the molecule is CCN(c1ccccc1N)C(C)C(=O)NC1CCCCC1. The summed E-state index contributed by atoms with van der Waals surface area (Å²) in [5, 5.41) is 3.20. The lowest BCUT2D eigenvalue weighted by molar-refractivity contribution is -0.123. The Morgan fingerprint density at radius 3 is 2.62 bits per heavy atom. The number of amides is 1. The molecule has 0 radical (unpaired) electrons. The third kappa shape index (κ3) is 3.90. The molecule has 0 bridgehead atoms. The number of hydrogen-bond acceptors (Lipinski definition) is 3. The number of benzene rings is 1. The standard InChI is InChI=1S/C17H27N3O/c1-3-20(16-12-8-7-11-15(16)18)13(2)17(21)19-14-9-5-4-6-10-14/h7-8,11-14H,3-6,9-10,18H2,1-2H3,(H,19,21). The highest BCUT2D eigenvalue weighted by atomic mass is 16.2. The lowest BCUT2D eigenvalue weighted by Crippen LogP contribution is -2.49. The van der Waals surface area contributed by atoms with Crippen molar-refractivity contribution >= 4 is 17.3 Å². The second-order valence-corrected chi connectivity index (χ2v) is 5.86. The Balaban J connectivity index is 2.03. The van der Waals surface area contributed by atoms with Gasteiger partial charge in [0, 0.05) is 12.6 Å². The molecule has 1 fully saturated rings. The highest BCUT2D eigenvalue weighted by Gasteiger charge is 2.24. The number of anilines is 2. The van der Waals surface area contributed by atoms with Gasteiger partial charge in [-0.25, -0.2) is 0 Å². The molecule has 1 aromatic carbocycles. The fourth-order valence-corrected chi connectivity index (χ4v) is 3.11. The van der Waals surface area contributed by atoms with E-state index in [9.17, 15) is 4.79 Å². The van der Waals surface area contributed by atoms with E-state index >= 15 is 0 Å². The second-order valence-electron chi connectivity index (χ2n) is 5.86. The minimum Gasteiger partial charge on any atom is -0.397 e. The molecule has 1 aromatic rings. The van der Waals surface area contributed by atoms with Crippen LogP contribution >= 0.6 is 0 Å². The number of carbonyl (C=O) groups excluding carboxylic acids is 1. The van der Waals surface area contributed by atoms with Crippen molar-refractivity contribution in [2.75, 3.05) is 17.2 Å². The van der Waals surface area contributed by atoms with E-state index in [1.54, 1.807) is 0 Å². The molecule has 1 aliphatic carbocycles. The molecule has 1 unspecified atom stereocenters. The van der Waals surface area contributed by atoms with Gasteiger partial charge in [-0.1, -0.05) is 31.4 Å². The van der Waals surface area contributed by atoms with E-state index in [-0.39, 0.29) is 11.9 Å². The molecule has 0 spiro atoms. The van der Waals surface area contributed by atoms with Crippen molar-refractivity contribution in [1.82, 2.24) is 5.32 Å². The van der Waals surface area contributed by atoms with Crippen LogP contribution in [0.25, 0.3) is 0 Å². The minimum absolute atomic E-state index is 0.104. The van der Waals surface area contributed by atoms with Crippen molar-refractivity contribution in [2.24, 2.45) is 0 Å². The maximum atomic E-state index is 12.5. The van der Waals surface area contributed by atoms with Crippen molar-refractivity contribution in [1.29, 1.82) is 0 Å². The maximum absolute atomic E-state index is 12.5. The van der Waals surface area contributed by atoms with Crippen molar-refractivity contribution in [3.8, 4) is 0 Å². The van der Waals surface area contributed by atoms with Gasteiger partial charge in [-0.05, 0) is 38.8 Å². The van der Waals surface area contributed by atoms with Crippen molar-refractivity contribution < 1.29 is 4.79 Å². The molecule has 2 rings (SSSR count). The maximum Gasteiger partial charge on any atom is 0.242 e. The van der Waals surface area contributed by atoms with E-state index in [0.717, 1.165) is 30.8 Å². The molecular formula is C17H27N3O. The predicted molar refractivity (Wildman–Crippen MR) is 88.4 cm³/mol. The number of nitrogen functional groups attached to an aromatic ring is 1. The van der Waals surface area contributed by atoms with Gasteiger partial charge in [-0.3, -0.25) is 4.79 Å². The quantitative estimate of drug-likeness (QED) is 0.819. The number of para-hydroxylation sites is 2. The fraction of sp³-hybridized carbons (Fsp3) is 0.588. The molecule has 4 nitrogen and oxygen atoms in total. The van der Waals surface area contributed by atoms with Crippen LogP contribution in [0.4, 0.5) is 11.4 Å². The zero-order valence-electron chi connectivity index (χ0n) is 13.1. The molecule has 1 saturated carbocycles. The summed E-state index contributed by atoms with van der Waals surface area (Å²) in [7, 11) is 0. The van der Waals surface area contributed by atoms with Crippen molar-refractivity contribution in [3.05, 3.63) is 24.3 Å². The van der Waals surface area contributed by atoms with Crippen molar-refractivity contribution in [3.63, 3.8) is 0 Å². The van der Waals surface area contributed by atoms with E-state index < -0.39 is 0 Å². The first-order valence-electron chi connectivity index (χ1n) is 8.05. The van der Waals surface area contributed by atoms with Crippen LogP contribution in [0.15, 0.2) is 24.3 Å². The Kier molecular flexibility index (Phi) is 5.48. The first-order chi connectivity index (χ1) is 10.1. The van der Waals surface area contributed by atoms with Crippen molar-refractivity contribution in [2.45, 2.75) is 58.0 Å². The average Bonchev–Trinajstić information content (AvgIpc) is 2.50. The number of nitrogens with two attached hydrogens (primary N) is 1. The van der Waals surface area contributed by atoms with E-state index in [0.29, 0.717) is 6.04 Å². The van der Waals surface area contributed by atoms with Gasteiger partial charge in [0.25, 0.3) is 0 Å². The molecule has 4 heteroatoms. The molecule has 0 aromatic heterocycles. The Hall–Kier alpha value is -1.71. The molecular weight excluding hydrogens is 262 g/mol. The smallest absolute Gasteiger partial charge is 0.242 e. The first kappa shape index (κ1) is 15.7. The summed E-state index contributed by atoms with van der Waals surface area (Å²) >= 11 is 0. The van der Waals surface area contributed by atoms with Crippen LogP contribution in [0.5, 0.6) is 0 Å². The Morgan fingerprint density at radius 2 is 2.00 bits per heavy atom. The molecule has 1 aliphatic rings. The average molecular weight is 289 g/mol. The summed E-state index contributed by atoms with van der Waals surface area (Å²) in [6.45, 7) is 4.76.